The van der Waals surface area contributed by atoms with Crippen molar-refractivity contribution in [2.24, 2.45) is 5.92 Å². The predicted molar refractivity (Wildman–Crippen MR) is 31.8 cm³/mol. The predicted octanol–water partition coefficient (Wildman–Crippen LogP) is 2.18. The highest BCUT2D eigenvalue weighted by Crippen LogP contribution is 2.27. The van der Waals surface area contributed by atoms with Crippen molar-refractivity contribution in [3.05, 3.63) is 19.1 Å². The van der Waals surface area contributed by atoms with Crippen LogP contribution in [0.3, 0.4) is 0 Å². The molecule has 1 aliphatic rings. The zero-order valence-electron chi connectivity index (χ0n) is 4.61. The first-order valence-corrected chi connectivity index (χ1v) is 2.79. The first kappa shape index (κ1) is 4.89. The summed E-state index contributed by atoms with van der Waals surface area (Å²) in [5, 5.41) is 0. The summed E-state index contributed by atoms with van der Waals surface area (Å²) in [6.07, 6.45) is 3.65. The average Bonchev–Trinajstić information content (AvgIpc) is 1.87. The monoisotopic (exact) mass is 95.1 g/mol. The van der Waals surface area contributed by atoms with Gasteiger partial charge in [0.15, 0.2) is 0 Å². The van der Waals surface area contributed by atoms with Crippen LogP contribution >= 0.6 is 0 Å². The number of hydrogen-bond acceptors (Lipinski definition) is 0. The Morgan fingerprint density at radius 3 is 2.43 bits per heavy atom. The van der Waals surface area contributed by atoms with Gasteiger partial charge in [-0.25, -0.2) is 0 Å². The fraction of sp³-hybridized carbons (Fsp3) is 0.571. The molecule has 39 valence electrons. The van der Waals surface area contributed by atoms with Gasteiger partial charge < -0.3 is 0 Å². The van der Waals surface area contributed by atoms with Gasteiger partial charge in [-0.3, -0.25) is 0 Å². The molecule has 0 amide bonds. The maximum absolute atomic E-state index is 3.93. The topological polar surface area (TPSA) is 0 Å². The minimum Gasteiger partial charge on any atom is -0.0999 e. The van der Waals surface area contributed by atoms with Crippen LogP contribution in [0.15, 0.2) is 12.2 Å². The SMILES string of the molecule is [CH2]C1CCC(=C)C1. The third-order valence-electron chi connectivity index (χ3n) is 1.48. The Hall–Kier alpha value is -0.260. The zero-order chi connectivity index (χ0) is 5.28. The lowest BCUT2D eigenvalue weighted by atomic mass is 10.1. The minimum atomic E-state index is 0.674. The maximum atomic E-state index is 3.93. The van der Waals surface area contributed by atoms with E-state index in [9.17, 15) is 0 Å². The molecule has 0 aromatic rings. The average molecular weight is 95.2 g/mol. The van der Waals surface area contributed by atoms with Crippen molar-refractivity contribution < 1.29 is 0 Å². The smallest absolute Gasteiger partial charge is 0.0294 e. The summed E-state index contributed by atoms with van der Waals surface area (Å²) in [6.45, 7) is 7.79. The normalized spacial score (nSPS) is 31.6. The molecule has 1 aliphatic carbocycles. The molecule has 1 unspecified atom stereocenters. The van der Waals surface area contributed by atoms with Crippen molar-refractivity contribution >= 4 is 0 Å². The lowest BCUT2D eigenvalue weighted by Gasteiger charge is -1.91. The largest absolute Gasteiger partial charge is 0.0999 e. The number of rotatable bonds is 0. The van der Waals surface area contributed by atoms with Gasteiger partial charge in [0.05, 0.1) is 0 Å². The van der Waals surface area contributed by atoms with Gasteiger partial charge in [0.25, 0.3) is 0 Å². The Bertz CT molecular complexity index is 82.0. The molecule has 1 rings (SSSR count). The Labute approximate surface area is 45.2 Å². The molecule has 0 aromatic carbocycles. The van der Waals surface area contributed by atoms with E-state index < -0.39 is 0 Å². The van der Waals surface area contributed by atoms with Gasteiger partial charge in [0.1, 0.15) is 0 Å². The molecule has 0 saturated heterocycles. The molecular formula is C7H11. The Morgan fingerprint density at radius 1 is 1.57 bits per heavy atom. The van der Waals surface area contributed by atoms with Crippen molar-refractivity contribution in [2.75, 3.05) is 0 Å². The van der Waals surface area contributed by atoms with E-state index in [0.717, 1.165) is 0 Å². The van der Waals surface area contributed by atoms with Gasteiger partial charge in [-0.15, -0.1) is 0 Å². The molecule has 0 aromatic heterocycles. The van der Waals surface area contributed by atoms with Crippen molar-refractivity contribution in [2.45, 2.75) is 19.3 Å². The first-order chi connectivity index (χ1) is 3.29. The van der Waals surface area contributed by atoms with E-state index in [0.29, 0.717) is 5.92 Å². The zero-order valence-corrected chi connectivity index (χ0v) is 4.61. The lowest BCUT2D eigenvalue weighted by molar-refractivity contribution is 0.690. The second-order valence-corrected chi connectivity index (χ2v) is 2.36. The van der Waals surface area contributed by atoms with Gasteiger partial charge in [-0.1, -0.05) is 12.2 Å². The molecule has 0 aliphatic heterocycles. The van der Waals surface area contributed by atoms with Gasteiger partial charge >= 0.3 is 0 Å². The van der Waals surface area contributed by atoms with E-state index in [2.05, 4.69) is 13.5 Å². The third-order valence-corrected chi connectivity index (χ3v) is 1.48. The van der Waals surface area contributed by atoms with Crippen LogP contribution in [0, 0.1) is 12.8 Å². The number of hydrogen-bond donors (Lipinski definition) is 0. The van der Waals surface area contributed by atoms with Crippen LogP contribution in [0.25, 0.3) is 0 Å². The Morgan fingerprint density at radius 2 is 2.29 bits per heavy atom. The quantitative estimate of drug-likeness (QED) is 0.404. The van der Waals surface area contributed by atoms with Crippen molar-refractivity contribution in [1.82, 2.24) is 0 Å². The van der Waals surface area contributed by atoms with Gasteiger partial charge in [-0.05, 0) is 32.1 Å². The highest BCUT2D eigenvalue weighted by molar-refractivity contribution is 5.02. The summed E-state index contributed by atoms with van der Waals surface area (Å²) in [5.74, 6) is 0.674. The number of allylic oxidation sites excluding steroid dienone is 1. The van der Waals surface area contributed by atoms with Crippen LogP contribution in [-0.4, -0.2) is 0 Å². The Kier molecular flexibility index (Phi) is 1.18. The fourth-order valence-corrected chi connectivity index (χ4v) is 1.02. The standard InChI is InChI=1S/C7H11/c1-6-3-4-7(2)5-6/h6H,1-5H2. The van der Waals surface area contributed by atoms with E-state index in [1.54, 1.807) is 0 Å². The summed E-state index contributed by atoms with van der Waals surface area (Å²) in [6, 6.07) is 0. The maximum Gasteiger partial charge on any atom is -0.0294 e. The highest BCUT2D eigenvalue weighted by atomic mass is 14.2. The summed E-state index contributed by atoms with van der Waals surface area (Å²) in [4.78, 5) is 0. The molecule has 1 radical (unpaired) electrons. The Balaban J connectivity index is 2.40. The molecule has 0 nitrogen and oxygen atoms in total. The van der Waals surface area contributed by atoms with E-state index in [1.165, 1.54) is 24.8 Å². The fourth-order valence-electron chi connectivity index (χ4n) is 1.02. The molecule has 7 heavy (non-hydrogen) atoms. The van der Waals surface area contributed by atoms with Gasteiger partial charge in [-0.2, -0.15) is 0 Å². The molecule has 0 bridgehead atoms. The first-order valence-electron chi connectivity index (χ1n) is 2.79. The van der Waals surface area contributed by atoms with Crippen LogP contribution in [0.2, 0.25) is 0 Å². The van der Waals surface area contributed by atoms with Crippen LogP contribution < -0.4 is 0 Å². The van der Waals surface area contributed by atoms with Gasteiger partial charge in [0.2, 0.25) is 0 Å². The lowest BCUT2D eigenvalue weighted by Crippen LogP contribution is -1.80. The molecular weight excluding hydrogens is 84.1 g/mol. The molecule has 0 spiro atoms. The van der Waals surface area contributed by atoms with Crippen LogP contribution in [-0.2, 0) is 0 Å². The van der Waals surface area contributed by atoms with Gasteiger partial charge in [0, 0.05) is 0 Å². The van der Waals surface area contributed by atoms with E-state index >= 15 is 0 Å². The second kappa shape index (κ2) is 1.69. The highest BCUT2D eigenvalue weighted by Gasteiger charge is 2.11. The summed E-state index contributed by atoms with van der Waals surface area (Å²) >= 11 is 0. The summed E-state index contributed by atoms with van der Waals surface area (Å²) < 4.78 is 0. The molecule has 1 atom stereocenters. The van der Waals surface area contributed by atoms with Crippen LogP contribution in [0.5, 0.6) is 0 Å². The van der Waals surface area contributed by atoms with Crippen LogP contribution in [0.4, 0.5) is 0 Å². The van der Waals surface area contributed by atoms with E-state index in [4.69, 9.17) is 0 Å². The summed E-state index contributed by atoms with van der Waals surface area (Å²) in [7, 11) is 0. The van der Waals surface area contributed by atoms with E-state index in [1.807, 2.05) is 0 Å². The second-order valence-electron chi connectivity index (χ2n) is 2.36. The molecule has 0 heterocycles. The molecule has 1 fully saturated rings. The molecule has 0 N–H and O–H groups in total. The molecule has 0 heteroatoms. The van der Waals surface area contributed by atoms with Crippen molar-refractivity contribution in [3.63, 3.8) is 0 Å². The molecule has 1 saturated carbocycles. The van der Waals surface area contributed by atoms with E-state index in [-0.39, 0.29) is 0 Å². The third kappa shape index (κ3) is 1.05. The van der Waals surface area contributed by atoms with Crippen molar-refractivity contribution in [3.8, 4) is 0 Å². The minimum absolute atomic E-state index is 0.674. The van der Waals surface area contributed by atoms with Crippen LogP contribution in [0.1, 0.15) is 19.3 Å². The van der Waals surface area contributed by atoms with Crippen molar-refractivity contribution in [1.29, 1.82) is 0 Å². The summed E-state index contributed by atoms with van der Waals surface area (Å²) in [5.41, 5.74) is 1.39.